The summed E-state index contributed by atoms with van der Waals surface area (Å²) in [6, 6.07) is 2.52. The Balaban J connectivity index is 1.43. The van der Waals surface area contributed by atoms with E-state index in [1.54, 1.807) is 6.92 Å². The number of ketones is 1. The molecule has 4 rings (SSSR count). The molecule has 1 aromatic heterocycles. The molecule has 2 fully saturated rings. The standard InChI is InChI=1S/C27H34F2N4O3/c1-16(27-30-15-23(32-27)20-9-8-19(28)13-21(20)29)11-24(34)22(31-25(35)12-18-6-7-18)14-26(36)33-10-4-3-5-17(33)2/h8-9,13,15-18,22H,3-7,10-12,14H2,1-2H3,(H,30,32)(H,31,35)/t16-,17+,22+/m1/s1. The molecule has 2 aromatic rings. The summed E-state index contributed by atoms with van der Waals surface area (Å²) < 4.78 is 27.4. The largest absolute Gasteiger partial charge is 0.346 e. The molecule has 1 saturated heterocycles. The van der Waals surface area contributed by atoms with Crippen molar-refractivity contribution in [2.45, 2.75) is 83.2 Å². The average molecular weight is 501 g/mol. The SMILES string of the molecule is C[C@H](CC(=O)[C@H](CC(=O)N1CCCC[C@@H]1C)NC(=O)CC1CC1)c1ncc(-c2ccc(F)cc2F)[nH]1. The number of carbonyl (C=O) groups is 3. The zero-order valence-electron chi connectivity index (χ0n) is 20.9. The maximum atomic E-state index is 14.2. The third-order valence-corrected chi connectivity index (χ3v) is 7.19. The van der Waals surface area contributed by atoms with Crippen LogP contribution in [0.25, 0.3) is 11.3 Å². The lowest BCUT2D eigenvalue weighted by molar-refractivity contribution is -0.138. The molecular weight excluding hydrogens is 466 g/mol. The molecule has 2 heterocycles. The van der Waals surface area contributed by atoms with Gasteiger partial charge in [-0.1, -0.05) is 6.92 Å². The van der Waals surface area contributed by atoms with E-state index in [9.17, 15) is 23.2 Å². The number of hydrogen-bond acceptors (Lipinski definition) is 4. The van der Waals surface area contributed by atoms with Gasteiger partial charge in [0.2, 0.25) is 11.8 Å². The first-order chi connectivity index (χ1) is 17.2. The minimum absolute atomic E-state index is 0.0516. The number of amides is 2. The van der Waals surface area contributed by atoms with E-state index in [2.05, 4.69) is 15.3 Å². The molecule has 0 spiro atoms. The number of benzene rings is 1. The van der Waals surface area contributed by atoms with Crippen LogP contribution in [-0.4, -0.2) is 51.1 Å². The van der Waals surface area contributed by atoms with Crippen LogP contribution >= 0.6 is 0 Å². The highest BCUT2D eigenvalue weighted by molar-refractivity contribution is 5.93. The minimum atomic E-state index is -0.899. The van der Waals surface area contributed by atoms with Gasteiger partial charge in [0.15, 0.2) is 5.78 Å². The normalized spacial score (nSPS) is 19.6. The molecule has 7 nitrogen and oxygen atoms in total. The summed E-state index contributed by atoms with van der Waals surface area (Å²) in [5, 5.41) is 2.82. The summed E-state index contributed by atoms with van der Waals surface area (Å²) in [5.74, 6) is -1.46. The van der Waals surface area contributed by atoms with Crippen LogP contribution in [0.4, 0.5) is 8.78 Å². The predicted molar refractivity (Wildman–Crippen MR) is 131 cm³/mol. The van der Waals surface area contributed by atoms with Crippen LogP contribution in [0.5, 0.6) is 0 Å². The van der Waals surface area contributed by atoms with Crippen molar-refractivity contribution in [1.29, 1.82) is 0 Å². The first kappa shape index (κ1) is 26.0. The van der Waals surface area contributed by atoms with Crippen molar-refractivity contribution in [3.05, 3.63) is 41.9 Å². The number of nitrogens with one attached hydrogen (secondary N) is 2. The minimum Gasteiger partial charge on any atom is -0.346 e. The number of hydrogen-bond donors (Lipinski definition) is 2. The van der Waals surface area contributed by atoms with Gasteiger partial charge >= 0.3 is 0 Å². The Kier molecular flexibility index (Phi) is 8.16. The molecule has 0 unspecified atom stereocenters. The molecule has 0 bridgehead atoms. The Morgan fingerprint density at radius 3 is 2.64 bits per heavy atom. The molecule has 194 valence electrons. The van der Waals surface area contributed by atoms with Gasteiger partial charge in [-0.15, -0.1) is 0 Å². The zero-order chi connectivity index (χ0) is 25.8. The second-order valence-electron chi connectivity index (χ2n) is 10.3. The highest BCUT2D eigenvalue weighted by Crippen LogP contribution is 2.32. The molecule has 2 amide bonds. The van der Waals surface area contributed by atoms with Crippen molar-refractivity contribution in [3.8, 4) is 11.3 Å². The van der Waals surface area contributed by atoms with E-state index in [-0.39, 0.29) is 48.0 Å². The summed E-state index contributed by atoms with van der Waals surface area (Å²) in [6.45, 7) is 4.49. The fourth-order valence-corrected chi connectivity index (χ4v) is 4.82. The van der Waals surface area contributed by atoms with E-state index in [1.165, 1.54) is 18.3 Å². The van der Waals surface area contributed by atoms with Crippen molar-refractivity contribution >= 4 is 17.6 Å². The Morgan fingerprint density at radius 1 is 1.17 bits per heavy atom. The predicted octanol–water partition coefficient (Wildman–Crippen LogP) is 4.49. The zero-order valence-corrected chi connectivity index (χ0v) is 20.9. The van der Waals surface area contributed by atoms with Crippen LogP contribution in [0, 0.1) is 17.6 Å². The lowest BCUT2D eigenvalue weighted by Crippen LogP contribution is -2.48. The van der Waals surface area contributed by atoms with Crippen LogP contribution in [0.3, 0.4) is 0 Å². The molecule has 2 aliphatic rings. The molecule has 36 heavy (non-hydrogen) atoms. The highest BCUT2D eigenvalue weighted by atomic mass is 19.1. The molecule has 1 saturated carbocycles. The van der Waals surface area contributed by atoms with Gasteiger partial charge in [0.25, 0.3) is 0 Å². The monoisotopic (exact) mass is 500 g/mol. The topological polar surface area (TPSA) is 95.2 Å². The number of likely N-dealkylation sites (tertiary alicyclic amines) is 1. The van der Waals surface area contributed by atoms with Crippen molar-refractivity contribution < 1.29 is 23.2 Å². The van der Waals surface area contributed by atoms with Crippen molar-refractivity contribution in [2.24, 2.45) is 5.92 Å². The van der Waals surface area contributed by atoms with Gasteiger partial charge in [-0.3, -0.25) is 14.4 Å². The number of nitrogens with zero attached hydrogens (tertiary/aromatic N) is 2. The van der Waals surface area contributed by atoms with Gasteiger partial charge in [0.1, 0.15) is 17.5 Å². The molecule has 9 heteroatoms. The molecule has 1 aliphatic carbocycles. The molecule has 3 atom stereocenters. The van der Waals surface area contributed by atoms with Gasteiger partial charge in [-0.05, 0) is 57.1 Å². The number of Topliss-reactive ketones (excluding diaryl/α,β-unsaturated/α-hetero) is 1. The Hall–Kier alpha value is -3.10. The second kappa shape index (κ2) is 11.3. The van der Waals surface area contributed by atoms with Crippen LogP contribution < -0.4 is 5.32 Å². The number of rotatable bonds is 10. The lowest BCUT2D eigenvalue weighted by atomic mass is 9.96. The number of imidazole rings is 1. The fraction of sp³-hybridized carbons (Fsp3) is 0.556. The number of aromatic amines is 1. The lowest BCUT2D eigenvalue weighted by Gasteiger charge is -2.34. The van der Waals surface area contributed by atoms with Crippen molar-refractivity contribution in [2.75, 3.05) is 6.54 Å². The van der Waals surface area contributed by atoms with Crippen LogP contribution in [0.2, 0.25) is 0 Å². The summed E-state index contributed by atoms with van der Waals surface area (Å²) in [6.07, 6.45) is 6.80. The second-order valence-corrected chi connectivity index (χ2v) is 10.3. The first-order valence-electron chi connectivity index (χ1n) is 12.8. The molecular formula is C27H34F2N4O3. The smallest absolute Gasteiger partial charge is 0.225 e. The van der Waals surface area contributed by atoms with Gasteiger partial charge in [-0.2, -0.15) is 0 Å². The fourth-order valence-electron chi connectivity index (χ4n) is 4.82. The van der Waals surface area contributed by atoms with E-state index in [1.807, 2.05) is 11.8 Å². The number of aromatic nitrogens is 2. The van der Waals surface area contributed by atoms with Crippen LogP contribution in [0.15, 0.2) is 24.4 Å². The molecule has 2 N–H and O–H groups in total. The first-order valence-corrected chi connectivity index (χ1v) is 12.8. The van der Waals surface area contributed by atoms with Gasteiger partial charge in [-0.25, -0.2) is 13.8 Å². The maximum Gasteiger partial charge on any atom is 0.225 e. The Bertz CT molecular complexity index is 1110. The van der Waals surface area contributed by atoms with E-state index in [0.717, 1.165) is 38.2 Å². The number of H-pyrrole nitrogens is 1. The third-order valence-electron chi connectivity index (χ3n) is 7.19. The van der Waals surface area contributed by atoms with E-state index in [4.69, 9.17) is 0 Å². The van der Waals surface area contributed by atoms with Crippen molar-refractivity contribution in [3.63, 3.8) is 0 Å². The number of carbonyl (C=O) groups excluding carboxylic acids is 3. The van der Waals surface area contributed by atoms with Gasteiger partial charge in [0.05, 0.1) is 24.4 Å². The average Bonchev–Trinajstić information content (AvgIpc) is 3.50. The molecule has 1 aromatic carbocycles. The quantitative estimate of drug-likeness (QED) is 0.502. The molecule has 1 aliphatic heterocycles. The highest BCUT2D eigenvalue weighted by Gasteiger charge is 2.32. The summed E-state index contributed by atoms with van der Waals surface area (Å²) in [4.78, 5) is 48.0. The van der Waals surface area contributed by atoms with E-state index >= 15 is 0 Å². The molecule has 0 radical (unpaired) electrons. The maximum absolute atomic E-state index is 14.2. The van der Waals surface area contributed by atoms with Gasteiger partial charge in [0, 0.05) is 43.0 Å². The van der Waals surface area contributed by atoms with Crippen LogP contribution in [-0.2, 0) is 14.4 Å². The number of halogens is 2. The third kappa shape index (κ3) is 6.56. The van der Waals surface area contributed by atoms with E-state index in [0.29, 0.717) is 30.4 Å². The Morgan fingerprint density at radius 2 is 1.94 bits per heavy atom. The Labute approximate surface area is 210 Å². The van der Waals surface area contributed by atoms with E-state index < -0.39 is 17.7 Å². The van der Waals surface area contributed by atoms with Gasteiger partial charge < -0.3 is 15.2 Å². The summed E-state index contributed by atoms with van der Waals surface area (Å²) in [5.41, 5.74) is 0.561. The van der Waals surface area contributed by atoms with Crippen LogP contribution in [0.1, 0.15) is 77.0 Å². The summed E-state index contributed by atoms with van der Waals surface area (Å²) in [7, 11) is 0. The van der Waals surface area contributed by atoms with Crippen molar-refractivity contribution in [1.82, 2.24) is 20.2 Å². The number of piperidine rings is 1. The summed E-state index contributed by atoms with van der Waals surface area (Å²) >= 11 is 0.